The van der Waals surface area contributed by atoms with Gasteiger partial charge in [0.1, 0.15) is 0 Å². The van der Waals surface area contributed by atoms with E-state index in [-0.39, 0.29) is 5.91 Å². The van der Waals surface area contributed by atoms with Crippen LogP contribution in [0.5, 0.6) is 0 Å². The number of nitrogens with zero attached hydrogens (tertiary/aromatic N) is 3. The van der Waals surface area contributed by atoms with Gasteiger partial charge in [0.25, 0.3) is 10.2 Å². The van der Waals surface area contributed by atoms with Crippen molar-refractivity contribution in [3.05, 3.63) is 0 Å². The predicted molar refractivity (Wildman–Crippen MR) is 84.9 cm³/mol. The average molecular weight is 346 g/mol. The molecule has 0 radical (unpaired) electrons. The maximum Gasteiger partial charge on any atom is 0.282 e. The minimum Gasteiger partial charge on any atom is -0.379 e. The van der Waals surface area contributed by atoms with E-state index in [1.807, 2.05) is 0 Å². The lowest BCUT2D eigenvalue weighted by molar-refractivity contribution is -0.138. The zero-order valence-corrected chi connectivity index (χ0v) is 14.3. The normalized spacial score (nSPS) is 27.3. The summed E-state index contributed by atoms with van der Waals surface area (Å²) in [5, 5.41) is 0. The lowest BCUT2D eigenvalue weighted by atomic mass is 9.97. The van der Waals surface area contributed by atoms with Crippen molar-refractivity contribution in [2.45, 2.75) is 31.2 Å². The van der Waals surface area contributed by atoms with Crippen LogP contribution >= 0.6 is 0 Å². The molecule has 9 heteroatoms. The summed E-state index contributed by atoms with van der Waals surface area (Å²) in [4.78, 5) is 14.3. The van der Waals surface area contributed by atoms with Crippen molar-refractivity contribution in [1.29, 1.82) is 0 Å². The molecule has 23 heavy (non-hydrogen) atoms. The van der Waals surface area contributed by atoms with Gasteiger partial charge in [0.05, 0.1) is 18.8 Å². The maximum absolute atomic E-state index is 12.6. The third-order valence-corrected chi connectivity index (χ3v) is 7.11. The van der Waals surface area contributed by atoms with Crippen LogP contribution in [0.3, 0.4) is 0 Å². The van der Waals surface area contributed by atoms with Gasteiger partial charge in [0.2, 0.25) is 5.91 Å². The van der Waals surface area contributed by atoms with Crippen LogP contribution in [0.4, 0.5) is 0 Å². The molecule has 3 fully saturated rings. The fraction of sp³-hybridized carbons (Fsp3) is 0.929. The molecule has 0 spiro atoms. The van der Waals surface area contributed by atoms with Crippen LogP contribution in [0, 0.1) is 0 Å². The molecule has 3 rings (SSSR count). The SMILES string of the molecule is NC1(C(=O)N2CCN(S(=O)(=O)N3CCOCC3)CC2)CCCC1. The van der Waals surface area contributed by atoms with E-state index >= 15 is 0 Å². The minimum absolute atomic E-state index is 0.0154. The molecule has 0 atom stereocenters. The van der Waals surface area contributed by atoms with Gasteiger partial charge < -0.3 is 15.4 Å². The summed E-state index contributed by atoms with van der Waals surface area (Å²) in [5.41, 5.74) is 5.49. The second-order valence-electron chi connectivity index (χ2n) is 6.57. The highest BCUT2D eigenvalue weighted by atomic mass is 32.2. The van der Waals surface area contributed by atoms with Crippen LogP contribution in [0.2, 0.25) is 0 Å². The van der Waals surface area contributed by atoms with Gasteiger partial charge in [-0.05, 0) is 12.8 Å². The van der Waals surface area contributed by atoms with E-state index in [4.69, 9.17) is 10.5 Å². The standard InChI is InChI=1S/C14H26N4O4S/c15-14(3-1-2-4-14)13(19)16-5-7-17(8-6-16)23(20,21)18-9-11-22-12-10-18/h1-12,15H2. The summed E-state index contributed by atoms with van der Waals surface area (Å²) in [7, 11) is -3.45. The number of carbonyl (C=O) groups is 1. The number of amides is 1. The summed E-state index contributed by atoms with van der Waals surface area (Å²) in [6.45, 7) is 3.17. The Morgan fingerprint density at radius 3 is 2.00 bits per heavy atom. The molecule has 8 nitrogen and oxygen atoms in total. The highest BCUT2D eigenvalue weighted by Gasteiger charge is 2.42. The summed E-state index contributed by atoms with van der Waals surface area (Å²) >= 11 is 0. The highest BCUT2D eigenvalue weighted by molar-refractivity contribution is 7.86. The number of carbonyl (C=O) groups excluding carboxylic acids is 1. The molecular formula is C14H26N4O4S. The fourth-order valence-corrected chi connectivity index (χ4v) is 5.16. The van der Waals surface area contributed by atoms with Crippen LogP contribution in [-0.2, 0) is 19.7 Å². The zero-order valence-electron chi connectivity index (χ0n) is 13.4. The lowest BCUT2D eigenvalue weighted by Crippen LogP contribution is -2.60. The molecule has 0 aromatic rings. The third kappa shape index (κ3) is 3.39. The van der Waals surface area contributed by atoms with Crippen molar-refractivity contribution in [3.63, 3.8) is 0 Å². The topological polar surface area (TPSA) is 96.2 Å². The number of piperazine rings is 1. The molecule has 2 heterocycles. The summed E-state index contributed by atoms with van der Waals surface area (Å²) in [5.74, 6) is -0.0154. The largest absolute Gasteiger partial charge is 0.379 e. The van der Waals surface area contributed by atoms with Crippen LogP contribution in [0.15, 0.2) is 0 Å². The van der Waals surface area contributed by atoms with Crippen molar-refractivity contribution in [2.75, 3.05) is 52.5 Å². The van der Waals surface area contributed by atoms with E-state index in [1.54, 1.807) is 4.90 Å². The number of hydrogen-bond acceptors (Lipinski definition) is 5. The zero-order chi connectivity index (χ0) is 16.5. The van der Waals surface area contributed by atoms with Crippen LogP contribution in [-0.4, -0.2) is 85.9 Å². The molecule has 2 aliphatic heterocycles. The van der Waals surface area contributed by atoms with Crippen LogP contribution in [0.25, 0.3) is 0 Å². The van der Waals surface area contributed by atoms with E-state index < -0.39 is 15.7 Å². The first-order valence-corrected chi connectivity index (χ1v) is 9.74. The molecule has 132 valence electrons. The average Bonchev–Trinajstić information content (AvgIpc) is 3.03. The summed E-state index contributed by atoms with van der Waals surface area (Å²) < 4.78 is 33.4. The Kier molecular flexibility index (Phi) is 4.93. The van der Waals surface area contributed by atoms with Crippen molar-refractivity contribution in [2.24, 2.45) is 5.73 Å². The van der Waals surface area contributed by atoms with Crippen LogP contribution in [0.1, 0.15) is 25.7 Å². The Hall–Kier alpha value is -0.740. The van der Waals surface area contributed by atoms with E-state index in [2.05, 4.69) is 0 Å². The quantitative estimate of drug-likeness (QED) is 0.706. The molecule has 0 bridgehead atoms. The Morgan fingerprint density at radius 1 is 0.913 bits per heavy atom. The van der Waals surface area contributed by atoms with E-state index in [9.17, 15) is 13.2 Å². The highest BCUT2D eigenvalue weighted by Crippen LogP contribution is 2.29. The molecule has 2 saturated heterocycles. The number of rotatable bonds is 3. The Bertz CT molecular complexity index is 533. The number of ether oxygens (including phenoxy) is 1. The minimum atomic E-state index is -3.45. The monoisotopic (exact) mass is 346 g/mol. The van der Waals surface area contributed by atoms with Gasteiger partial charge in [0.15, 0.2) is 0 Å². The van der Waals surface area contributed by atoms with Crippen molar-refractivity contribution < 1.29 is 17.9 Å². The van der Waals surface area contributed by atoms with Crippen molar-refractivity contribution in [1.82, 2.24) is 13.5 Å². The van der Waals surface area contributed by atoms with E-state index in [0.717, 1.165) is 25.7 Å². The van der Waals surface area contributed by atoms with Gasteiger partial charge in [-0.1, -0.05) is 12.8 Å². The van der Waals surface area contributed by atoms with Crippen LogP contribution < -0.4 is 5.73 Å². The molecule has 0 aromatic heterocycles. The molecule has 1 aliphatic carbocycles. The molecule has 0 aromatic carbocycles. The second kappa shape index (κ2) is 6.64. The smallest absolute Gasteiger partial charge is 0.282 e. The van der Waals surface area contributed by atoms with E-state index in [1.165, 1.54) is 8.61 Å². The van der Waals surface area contributed by atoms with Gasteiger partial charge in [-0.15, -0.1) is 0 Å². The van der Waals surface area contributed by atoms with Crippen molar-refractivity contribution in [3.8, 4) is 0 Å². The number of nitrogens with two attached hydrogens (primary N) is 1. The predicted octanol–water partition coefficient (Wildman–Crippen LogP) is -1.02. The first kappa shape index (κ1) is 17.1. The van der Waals surface area contributed by atoms with E-state index in [0.29, 0.717) is 52.5 Å². The number of hydrogen-bond donors (Lipinski definition) is 1. The Balaban J connectivity index is 1.58. The maximum atomic E-state index is 12.6. The second-order valence-corrected chi connectivity index (χ2v) is 8.50. The molecule has 1 amide bonds. The number of morpholine rings is 1. The van der Waals surface area contributed by atoms with Crippen molar-refractivity contribution >= 4 is 16.1 Å². The Labute approximate surface area is 137 Å². The molecule has 1 saturated carbocycles. The molecule has 2 N–H and O–H groups in total. The summed E-state index contributed by atoms with van der Waals surface area (Å²) in [6, 6.07) is 0. The van der Waals surface area contributed by atoms with Gasteiger partial charge in [-0.25, -0.2) is 0 Å². The lowest BCUT2D eigenvalue weighted by Gasteiger charge is -2.39. The van der Waals surface area contributed by atoms with Gasteiger partial charge in [-0.2, -0.15) is 17.0 Å². The molecular weight excluding hydrogens is 320 g/mol. The van der Waals surface area contributed by atoms with Gasteiger partial charge in [-0.3, -0.25) is 4.79 Å². The first-order valence-electron chi connectivity index (χ1n) is 8.35. The first-order chi connectivity index (χ1) is 10.9. The van der Waals surface area contributed by atoms with Gasteiger partial charge in [0, 0.05) is 39.3 Å². The third-order valence-electron chi connectivity index (χ3n) is 5.07. The summed E-state index contributed by atoms with van der Waals surface area (Å²) in [6.07, 6.45) is 3.46. The molecule has 0 unspecified atom stereocenters. The Morgan fingerprint density at radius 2 is 1.43 bits per heavy atom. The molecule has 3 aliphatic rings. The van der Waals surface area contributed by atoms with Gasteiger partial charge >= 0.3 is 0 Å². The fourth-order valence-electron chi connectivity index (χ4n) is 3.60.